The molecule has 0 aliphatic heterocycles. The molecule has 30 heavy (non-hydrogen) atoms. The number of thioether (sulfide) groups is 1. The molecule has 0 unspecified atom stereocenters. The van der Waals surface area contributed by atoms with Crippen LogP contribution in [0, 0.1) is 6.92 Å². The molecule has 0 N–H and O–H groups in total. The Labute approximate surface area is 178 Å². The second-order valence-corrected chi connectivity index (χ2v) is 7.50. The number of rotatable bonds is 8. The number of methoxy groups -OCH3 is 1. The second kappa shape index (κ2) is 8.96. The third-order valence-corrected chi connectivity index (χ3v) is 5.42. The Morgan fingerprint density at radius 3 is 2.63 bits per heavy atom. The van der Waals surface area contributed by atoms with E-state index in [2.05, 4.69) is 27.0 Å². The molecule has 0 saturated carbocycles. The quantitative estimate of drug-likeness (QED) is 0.300. The Morgan fingerprint density at radius 2 is 1.87 bits per heavy atom. The summed E-state index contributed by atoms with van der Waals surface area (Å²) >= 11 is 1.48. The first kappa shape index (κ1) is 19.9. The van der Waals surface area contributed by atoms with Gasteiger partial charge in [-0.05, 0) is 31.2 Å². The molecule has 0 bridgehead atoms. The van der Waals surface area contributed by atoms with Crippen molar-refractivity contribution in [1.29, 1.82) is 0 Å². The van der Waals surface area contributed by atoms with Gasteiger partial charge in [0, 0.05) is 12.1 Å². The van der Waals surface area contributed by atoms with Gasteiger partial charge < -0.3 is 9.15 Å². The summed E-state index contributed by atoms with van der Waals surface area (Å²) in [4.78, 5) is 0. The highest BCUT2D eigenvalue weighted by molar-refractivity contribution is 7.98. The predicted molar refractivity (Wildman–Crippen MR) is 116 cm³/mol. The fraction of sp³-hybridized carbons (Fsp3) is 0.182. The maximum atomic E-state index is 5.82. The number of benzene rings is 2. The number of allylic oxidation sites excluding steroid dienone is 1. The lowest BCUT2D eigenvalue weighted by Gasteiger charge is -2.10. The van der Waals surface area contributed by atoms with Crippen LogP contribution in [0.1, 0.15) is 11.5 Å². The van der Waals surface area contributed by atoms with E-state index in [1.165, 1.54) is 17.3 Å². The molecule has 2 heterocycles. The summed E-state index contributed by atoms with van der Waals surface area (Å²) in [5.74, 6) is 2.99. The minimum absolute atomic E-state index is 0.486. The summed E-state index contributed by atoms with van der Waals surface area (Å²) in [6.45, 7) is 6.47. The highest BCUT2D eigenvalue weighted by atomic mass is 32.2. The molecule has 152 valence electrons. The van der Waals surface area contributed by atoms with Crippen molar-refractivity contribution >= 4 is 11.8 Å². The van der Waals surface area contributed by atoms with Crippen LogP contribution in [0.25, 0.3) is 22.8 Å². The molecule has 0 radical (unpaired) electrons. The third-order valence-electron chi connectivity index (χ3n) is 4.47. The number of aromatic nitrogens is 5. The van der Waals surface area contributed by atoms with Crippen LogP contribution in [-0.2, 0) is 12.3 Å². The Balaban J connectivity index is 1.55. The van der Waals surface area contributed by atoms with Crippen molar-refractivity contribution in [3.8, 4) is 28.6 Å². The summed E-state index contributed by atoms with van der Waals surface area (Å²) in [5.41, 5.74) is 2.96. The van der Waals surface area contributed by atoms with Gasteiger partial charge in [0.2, 0.25) is 11.8 Å². The average molecular weight is 420 g/mol. The monoisotopic (exact) mass is 419 g/mol. The number of hydrogen-bond acceptors (Lipinski definition) is 7. The van der Waals surface area contributed by atoms with Gasteiger partial charge in [0.1, 0.15) is 5.75 Å². The molecule has 0 amide bonds. The van der Waals surface area contributed by atoms with Gasteiger partial charge in [0.25, 0.3) is 0 Å². The fourth-order valence-corrected chi connectivity index (χ4v) is 3.75. The van der Waals surface area contributed by atoms with Gasteiger partial charge in [-0.1, -0.05) is 47.7 Å². The van der Waals surface area contributed by atoms with Gasteiger partial charge in [-0.15, -0.1) is 27.0 Å². The summed E-state index contributed by atoms with van der Waals surface area (Å²) in [5, 5.41) is 17.8. The summed E-state index contributed by atoms with van der Waals surface area (Å²) in [7, 11) is 1.64. The van der Waals surface area contributed by atoms with Crippen molar-refractivity contribution in [3.63, 3.8) is 0 Å². The smallest absolute Gasteiger partial charge is 0.247 e. The van der Waals surface area contributed by atoms with Gasteiger partial charge in [-0.25, -0.2) is 0 Å². The lowest BCUT2D eigenvalue weighted by atomic mass is 10.1. The van der Waals surface area contributed by atoms with E-state index in [-0.39, 0.29) is 0 Å². The summed E-state index contributed by atoms with van der Waals surface area (Å²) < 4.78 is 13.3. The van der Waals surface area contributed by atoms with Crippen LogP contribution in [0.5, 0.6) is 5.75 Å². The van der Waals surface area contributed by atoms with Crippen molar-refractivity contribution in [2.75, 3.05) is 7.11 Å². The molecule has 0 aliphatic rings. The standard InChI is InChI=1S/C22H21N5O2S/c1-4-13-27-20(17-7-5-6-8-18(17)28-3)24-26-22(27)30-14-19-23-25-21(29-19)16-11-9-15(2)10-12-16/h4-12H,1,13-14H2,2-3H3. The van der Waals surface area contributed by atoms with E-state index in [4.69, 9.17) is 9.15 Å². The molecule has 2 aromatic heterocycles. The maximum absolute atomic E-state index is 5.82. The van der Waals surface area contributed by atoms with E-state index in [1.54, 1.807) is 7.11 Å². The third kappa shape index (κ3) is 4.13. The first-order valence-corrected chi connectivity index (χ1v) is 10.4. The number of aryl methyl sites for hydroxylation is 1. The van der Waals surface area contributed by atoms with Crippen LogP contribution in [0.15, 0.2) is 70.8 Å². The van der Waals surface area contributed by atoms with Crippen molar-refractivity contribution < 1.29 is 9.15 Å². The number of hydrogen-bond donors (Lipinski definition) is 0. The van der Waals surface area contributed by atoms with Gasteiger partial charge in [-0.3, -0.25) is 4.57 Å². The first-order chi connectivity index (χ1) is 14.7. The molecule has 7 nitrogen and oxygen atoms in total. The van der Waals surface area contributed by atoms with E-state index >= 15 is 0 Å². The molecule has 8 heteroatoms. The maximum Gasteiger partial charge on any atom is 0.247 e. The Bertz CT molecular complexity index is 1150. The fourth-order valence-electron chi connectivity index (χ4n) is 2.97. The molecule has 0 atom stereocenters. The van der Waals surface area contributed by atoms with Crippen LogP contribution in [0.2, 0.25) is 0 Å². The Hall–Kier alpha value is -3.39. The predicted octanol–water partition coefficient (Wildman–Crippen LogP) is 4.79. The van der Waals surface area contributed by atoms with Crippen LogP contribution in [0.3, 0.4) is 0 Å². The molecule has 0 fully saturated rings. The lowest BCUT2D eigenvalue weighted by molar-refractivity contribution is 0.416. The van der Waals surface area contributed by atoms with Crippen molar-refractivity contribution in [3.05, 3.63) is 72.6 Å². The molecule has 4 aromatic rings. The lowest BCUT2D eigenvalue weighted by Crippen LogP contribution is -2.01. The minimum atomic E-state index is 0.486. The average Bonchev–Trinajstić information content (AvgIpc) is 3.40. The number of nitrogens with zero attached hydrogens (tertiary/aromatic N) is 5. The highest BCUT2D eigenvalue weighted by Gasteiger charge is 2.18. The van der Waals surface area contributed by atoms with Crippen LogP contribution in [0.4, 0.5) is 0 Å². The zero-order valence-corrected chi connectivity index (χ0v) is 17.6. The Kier molecular flexibility index (Phi) is 5.94. The van der Waals surface area contributed by atoms with E-state index < -0.39 is 0 Å². The first-order valence-electron chi connectivity index (χ1n) is 9.39. The SMILES string of the molecule is C=CCn1c(SCc2nnc(-c3ccc(C)cc3)o2)nnc1-c1ccccc1OC. The molecule has 0 saturated heterocycles. The zero-order chi connectivity index (χ0) is 20.9. The summed E-state index contributed by atoms with van der Waals surface area (Å²) in [6.07, 6.45) is 1.81. The topological polar surface area (TPSA) is 78.9 Å². The van der Waals surface area contributed by atoms with Crippen molar-refractivity contribution in [2.45, 2.75) is 24.4 Å². The van der Waals surface area contributed by atoms with Crippen molar-refractivity contribution in [1.82, 2.24) is 25.0 Å². The van der Waals surface area contributed by atoms with Crippen LogP contribution >= 0.6 is 11.8 Å². The van der Waals surface area contributed by atoms with Gasteiger partial charge in [0.15, 0.2) is 11.0 Å². The molecular weight excluding hydrogens is 398 g/mol. The number of ether oxygens (including phenoxy) is 1. The summed E-state index contributed by atoms with van der Waals surface area (Å²) in [6, 6.07) is 15.7. The van der Waals surface area contributed by atoms with Crippen LogP contribution in [-0.4, -0.2) is 32.1 Å². The molecular formula is C22H21N5O2S. The van der Waals surface area contributed by atoms with Gasteiger partial charge in [0.05, 0.1) is 18.4 Å². The minimum Gasteiger partial charge on any atom is -0.496 e. The molecule has 0 spiro atoms. The zero-order valence-electron chi connectivity index (χ0n) is 16.8. The molecule has 4 rings (SSSR count). The Morgan fingerprint density at radius 1 is 1.07 bits per heavy atom. The van der Waals surface area contributed by atoms with Crippen molar-refractivity contribution in [2.24, 2.45) is 0 Å². The van der Waals surface area contributed by atoms with Gasteiger partial charge in [-0.2, -0.15) is 0 Å². The highest BCUT2D eigenvalue weighted by Crippen LogP contribution is 2.32. The van der Waals surface area contributed by atoms with E-state index in [9.17, 15) is 0 Å². The molecule has 2 aromatic carbocycles. The largest absolute Gasteiger partial charge is 0.496 e. The second-order valence-electron chi connectivity index (χ2n) is 6.56. The van der Waals surface area contributed by atoms with E-state index in [0.29, 0.717) is 24.1 Å². The van der Waals surface area contributed by atoms with E-state index in [1.807, 2.05) is 66.1 Å². The van der Waals surface area contributed by atoms with Gasteiger partial charge >= 0.3 is 0 Å². The van der Waals surface area contributed by atoms with E-state index in [0.717, 1.165) is 27.9 Å². The normalized spacial score (nSPS) is 10.9. The number of para-hydroxylation sites is 1. The molecule has 0 aliphatic carbocycles. The van der Waals surface area contributed by atoms with Crippen LogP contribution < -0.4 is 4.74 Å².